The van der Waals surface area contributed by atoms with Gasteiger partial charge in [-0.05, 0) is 18.2 Å². The number of alkyl halides is 3. The smallest absolute Gasteiger partial charge is 0.417 e. The van der Waals surface area contributed by atoms with Crippen LogP contribution in [0, 0.1) is 0 Å². The Hall–Kier alpha value is -2.26. The topological polar surface area (TPSA) is 68.3 Å². The summed E-state index contributed by atoms with van der Waals surface area (Å²) < 4.78 is 42.4. The second-order valence-electron chi connectivity index (χ2n) is 5.17. The van der Waals surface area contributed by atoms with Crippen molar-refractivity contribution in [3.05, 3.63) is 53.2 Å². The van der Waals surface area contributed by atoms with Crippen LogP contribution in [0.5, 0.6) is 0 Å². The molecule has 10 heteroatoms. The van der Waals surface area contributed by atoms with Crippen LogP contribution in [0.25, 0.3) is 0 Å². The summed E-state index contributed by atoms with van der Waals surface area (Å²) in [5.74, 6) is -1.09. The van der Waals surface area contributed by atoms with Gasteiger partial charge in [0, 0.05) is 16.8 Å². The van der Waals surface area contributed by atoms with Crippen LogP contribution < -0.4 is 5.32 Å². The number of carbonyl (C=O) groups is 2. The van der Waals surface area contributed by atoms with Gasteiger partial charge < -0.3 is 10.1 Å². The number of rotatable bonds is 7. The number of hydrogen-bond donors (Lipinski definition) is 1. The third kappa shape index (κ3) is 7.10. The molecule has 0 saturated carbocycles. The number of halogens is 4. The molecule has 0 spiro atoms. The van der Waals surface area contributed by atoms with Crippen molar-refractivity contribution in [2.75, 3.05) is 17.7 Å². The van der Waals surface area contributed by atoms with E-state index in [1.165, 1.54) is 11.8 Å². The van der Waals surface area contributed by atoms with Crippen molar-refractivity contribution in [3.63, 3.8) is 0 Å². The quantitative estimate of drug-likeness (QED) is 0.532. The van der Waals surface area contributed by atoms with Crippen molar-refractivity contribution in [1.29, 1.82) is 0 Å². The highest BCUT2D eigenvalue weighted by atomic mass is 35.5. The number of hydrogen-bond acceptors (Lipinski definition) is 5. The molecule has 0 aliphatic carbocycles. The van der Waals surface area contributed by atoms with E-state index >= 15 is 0 Å². The Balaban J connectivity index is 1.75. The van der Waals surface area contributed by atoms with Gasteiger partial charge in [-0.3, -0.25) is 9.59 Å². The summed E-state index contributed by atoms with van der Waals surface area (Å²) in [5, 5.41) is 1.82. The molecule has 0 fully saturated rings. The molecule has 0 aliphatic rings. The first-order valence-electron chi connectivity index (χ1n) is 7.62. The van der Waals surface area contributed by atoms with Crippen molar-refractivity contribution in [2.45, 2.75) is 17.5 Å². The molecule has 1 heterocycles. The second-order valence-corrected chi connectivity index (χ2v) is 6.75. The van der Waals surface area contributed by atoms with Crippen LogP contribution in [0.15, 0.2) is 47.5 Å². The number of amides is 1. The monoisotopic (exact) mass is 418 g/mol. The molecule has 1 aromatic heterocycles. The molecule has 27 heavy (non-hydrogen) atoms. The molecule has 1 aromatic carbocycles. The van der Waals surface area contributed by atoms with Gasteiger partial charge >= 0.3 is 12.1 Å². The van der Waals surface area contributed by atoms with E-state index in [0.29, 0.717) is 18.0 Å². The lowest BCUT2D eigenvalue weighted by Gasteiger charge is -2.10. The fraction of sp³-hybridized carbons (Fsp3) is 0.235. The maximum absolute atomic E-state index is 12.5. The SMILES string of the molecule is O=C(COC(=O)CCSc1ccccc1)Nc1ncc(C(F)(F)F)cc1Cl. The Morgan fingerprint density at radius 1 is 1.22 bits per heavy atom. The highest BCUT2D eigenvalue weighted by Gasteiger charge is 2.31. The van der Waals surface area contributed by atoms with Gasteiger partial charge in [0.15, 0.2) is 12.4 Å². The van der Waals surface area contributed by atoms with Crippen molar-refractivity contribution >= 4 is 41.1 Å². The maximum Gasteiger partial charge on any atom is 0.417 e. The Morgan fingerprint density at radius 2 is 1.93 bits per heavy atom. The van der Waals surface area contributed by atoms with Crippen molar-refractivity contribution < 1.29 is 27.5 Å². The minimum Gasteiger partial charge on any atom is -0.456 e. The number of aromatic nitrogens is 1. The number of esters is 1. The molecule has 144 valence electrons. The highest BCUT2D eigenvalue weighted by molar-refractivity contribution is 7.99. The lowest BCUT2D eigenvalue weighted by atomic mass is 10.3. The Kier molecular flexibility index (Phi) is 7.49. The number of ether oxygens (including phenoxy) is 1. The normalized spacial score (nSPS) is 11.1. The average Bonchev–Trinajstić information content (AvgIpc) is 2.62. The number of anilines is 1. The summed E-state index contributed by atoms with van der Waals surface area (Å²) in [6.07, 6.45) is -3.94. The summed E-state index contributed by atoms with van der Waals surface area (Å²) in [4.78, 5) is 27.8. The number of benzene rings is 1. The molecular weight excluding hydrogens is 405 g/mol. The first-order valence-corrected chi connectivity index (χ1v) is 8.98. The molecule has 2 aromatic rings. The van der Waals surface area contributed by atoms with Gasteiger partial charge in [0.1, 0.15) is 0 Å². The first-order chi connectivity index (χ1) is 12.8. The molecule has 1 N–H and O–H groups in total. The fourth-order valence-electron chi connectivity index (χ4n) is 1.84. The Labute approximate surface area is 162 Å². The third-order valence-electron chi connectivity index (χ3n) is 3.11. The molecule has 5 nitrogen and oxygen atoms in total. The summed E-state index contributed by atoms with van der Waals surface area (Å²) in [6.45, 7) is -0.589. The molecule has 0 unspecified atom stereocenters. The number of pyridine rings is 1. The largest absolute Gasteiger partial charge is 0.456 e. The molecule has 0 saturated heterocycles. The molecule has 0 aliphatic heterocycles. The summed E-state index contributed by atoms with van der Waals surface area (Å²) in [5.41, 5.74) is -1.03. The van der Waals surface area contributed by atoms with Gasteiger partial charge in [-0.25, -0.2) is 4.98 Å². The fourth-order valence-corrected chi connectivity index (χ4v) is 2.91. The summed E-state index contributed by atoms with van der Waals surface area (Å²) >= 11 is 7.15. The van der Waals surface area contributed by atoms with Gasteiger partial charge in [0.2, 0.25) is 0 Å². The Morgan fingerprint density at radius 3 is 2.56 bits per heavy atom. The minimum atomic E-state index is -4.59. The standard InChI is InChI=1S/C17H14ClF3N2O3S/c18-13-8-11(17(19,20)21)9-22-16(13)23-14(24)10-26-15(25)6-7-27-12-4-2-1-3-5-12/h1-5,8-9H,6-7,10H2,(H,22,23,24). The van der Waals surface area contributed by atoms with Gasteiger partial charge in [0.05, 0.1) is 17.0 Å². The van der Waals surface area contributed by atoms with Crippen LogP contribution in [-0.4, -0.2) is 29.2 Å². The van der Waals surface area contributed by atoms with E-state index in [0.717, 1.165) is 4.90 Å². The van der Waals surface area contributed by atoms with E-state index in [2.05, 4.69) is 10.3 Å². The predicted molar refractivity (Wildman–Crippen MR) is 95.6 cm³/mol. The van der Waals surface area contributed by atoms with Crippen LogP contribution in [0.4, 0.5) is 19.0 Å². The zero-order valence-corrected chi connectivity index (χ0v) is 15.3. The van der Waals surface area contributed by atoms with Crippen LogP contribution >= 0.6 is 23.4 Å². The van der Waals surface area contributed by atoms with E-state index in [1.54, 1.807) is 0 Å². The molecule has 0 radical (unpaired) electrons. The van der Waals surface area contributed by atoms with Crippen LogP contribution in [0.3, 0.4) is 0 Å². The second kappa shape index (κ2) is 9.61. The zero-order chi connectivity index (χ0) is 19.9. The lowest BCUT2D eigenvalue weighted by Crippen LogP contribution is -2.22. The third-order valence-corrected chi connectivity index (χ3v) is 4.41. The van der Waals surface area contributed by atoms with Crippen LogP contribution in [0.1, 0.15) is 12.0 Å². The highest BCUT2D eigenvalue weighted by Crippen LogP contribution is 2.32. The molecule has 1 amide bonds. The van der Waals surface area contributed by atoms with E-state index < -0.39 is 30.2 Å². The minimum absolute atomic E-state index is 0.103. The molecule has 0 bridgehead atoms. The van der Waals surface area contributed by atoms with Crippen LogP contribution in [0.2, 0.25) is 5.02 Å². The number of nitrogens with zero attached hydrogens (tertiary/aromatic N) is 1. The van der Waals surface area contributed by atoms with Crippen LogP contribution in [-0.2, 0) is 20.5 Å². The number of thioether (sulfide) groups is 1. The zero-order valence-electron chi connectivity index (χ0n) is 13.8. The van der Waals surface area contributed by atoms with Gasteiger partial charge in [-0.1, -0.05) is 29.8 Å². The number of nitrogens with one attached hydrogen (secondary N) is 1. The Bertz CT molecular complexity index is 804. The average molecular weight is 419 g/mol. The van der Waals surface area contributed by atoms with Gasteiger partial charge in [-0.2, -0.15) is 13.2 Å². The molecule has 2 rings (SSSR count). The van der Waals surface area contributed by atoms with E-state index in [9.17, 15) is 22.8 Å². The van der Waals surface area contributed by atoms with Gasteiger partial charge in [-0.15, -0.1) is 11.8 Å². The summed E-state index contributed by atoms with van der Waals surface area (Å²) in [7, 11) is 0. The molecular formula is C17H14ClF3N2O3S. The van der Waals surface area contributed by atoms with E-state index in [4.69, 9.17) is 16.3 Å². The van der Waals surface area contributed by atoms with E-state index in [-0.39, 0.29) is 17.3 Å². The molecule has 0 atom stereocenters. The summed E-state index contributed by atoms with van der Waals surface area (Å²) in [6, 6.07) is 10.1. The number of carbonyl (C=O) groups excluding carboxylic acids is 2. The van der Waals surface area contributed by atoms with Crippen molar-refractivity contribution in [1.82, 2.24) is 4.98 Å². The first kappa shape index (κ1) is 21.0. The van der Waals surface area contributed by atoms with Crippen molar-refractivity contribution in [2.24, 2.45) is 0 Å². The van der Waals surface area contributed by atoms with Gasteiger partial charge in [0.25, 0.3) is 5.91 Å². The van der Waals surface area contributed by atoms with Crippen molar-refractivity contribution in [3.8, 4) is 0 Å². The maximum atomic E-state index is 12.5. The van der Waals surface area contributed by atoms with E-state index in [1.807, 2.05) is 30.3 Å². The predicted octanol–water partition coefficient (Wildman–Crippen LogP) is 4.42. The lowest BCUT2D eigenvalue weighted by molar-refractivity contribution is -0.146.